The van der Waals surface area contributed by atoms with Gasteiger partial charge in [0.2, 0.25) is 0 Å². The molecule has 0 radical (unpaired) electrons. The molecule has 0 aromatic carbocycles. The highest BCUT2D eigenvalue weighted by Crippen LogP contribution is 2.19. The average molecular weight is 233 g/mol. The quantitative estimate of drug-likeness (QED) is 0.794. The first kappa shape index (κ1) is 12.4. The fraction of sp³-hybridized carbons (Fsp3) is 0.600. The van der Waals surface area contributed by atoms with Crippen LogP contribution in [0.15, 0.2) is 28.7 Å². The second-order valence-electron chi connectivity index (χ2n) is 5.01. The Hall–Kier alpha value is -1.02. The second-order valence-corrected chi connectivity index (χ2v) is 5.01. The van der Waals surface area contributed by atoms with Crippen LogP contribution >= 0.6 is 0 Å². The van der Waals surface area contributed by atoms with Crippen molar-refractivity contribution in [2.24, 2.45) is 0 Å². The van der Waals surface area contributed by atoms with E-state index in [0.29, 0.717) is 6.04 Å². The zero-order valence-electron chi connectivity index (χ0n) is 10.9. The van der Waals surface area contributed by atoms with E-state index in [1.807, 2.05) is 13.0 Å². The maximum absolute atomic E-state index is 5.66. The van der Waals surface area contributed by atoms with Crippen LogP contribution in [-0.2, 0) is 0 Å². The number of allylic oxidation sites excluding steroid dienone is 1. The van der Waals surface area contributed by atoms with Gasteiger partial charge in [-0.15, -0.1) is 0 Å². The van der Waals surface area contributed by atoms with E-state index in [0.717, 1.165) is 11.5 Å². The number of aryl methyl sites for hydroxylation is 1. The van der Waals surface area contributed by atoms with Crippen molar-refractivity contribution in [2.75, 3.05) is 0 Å². The monoisotopic (exact) mass is 233 g/mol. The largest absolute Gasteiger partial charge is 0.465 e. The summed E-state index contributed by atoms with van der Waals surface area (Å²) in [5.74, 6) is 2.03. The zero-order valence-corrected chi connectivity index (χ0v) is 10.9. The van der Waals surface area contributed by atoms with Gasteiger partial charge in [-0.25, -0.2) is 0 Å². The minimum atomic E-state index is 0.290. The van der Waals surface area contributed by atoms with Crippen LogP contribution < -0.4 is 5.32 Å². The topological polar surface area (TPSA) is 25.2 Å². The zero-order chi connectivity index (χ0) is 12.1. The Kier molecular flexibility index (Phi) is 4.43. The summed E-state index contributed by atoms with van der Waals surface area (Å²) in [6, 6.07) is 4.88. The number of hydrogen-bond donors (Lipinski definition) is 1. The summed E-state index contributed by atoms with van der Waals surface area (Å²) in [7, 11) is 0. The second kappa shape index (κ2) is 6.06. The first-order valence-electron chi connectivity index (χ1n) is 6.75. The van der Waals surface area contributed by atoms with Gasteiger partial charge in [0.15, 0.2) is 0 Å². The van der Waals surface area contributed by atoms with Gasteiger partial charge >= 0.3 is 0 Å². The molecule has 0 saturated carbocycles. The summed E-state index contributed by atoms with van der Waals surface area (Å²) < 4.78 is 5.66. The molecular formula is C15H23NO. The Morgan fingerprint density at radius 1 is 1.29 bits per heavy atom. The van der Waals surface area contributed by atoms with E-state index in [2.05, 4.69) is 30.5 Å². The number of nitrogens with one attached hydrogen (secondary N) is 1. The van der Waals surface area contributed by atoms with Gasteiger partial charge in [-0.3, -0.25) is 0 Å². The first-order valence-corrected chi connectivity index (χ1v) is 6.75. The summed E-state index contributed by atoms with van der Waals surface area (Å²) in [5, 5.41) is 3.64. The van der Waals surface area contributed by atoms with E-state index in [-0.39, 0.29) is 6.04 Å². The fourth-order valence-corrected chi connectivity index (χ4v) is 2.39. The Bertz CT molecular complexity index is 367. The Labute approximate surface area is 104 Å². The molecule has 17 heavy (non-hydrogen) atoms. The predicted octanol–water partition coefficient (Wildman–Crippen LogP) is 4.13. The van der Waals surface area contributed by atoms with E-state index < -0.39 is 0 Å². The normalized spacial score (nSPS) is 24.9. The number of rotatable bonds is 3. The van der Waals surface area contributed by atoms with Gasteiger partial charge in [0.05, 0.1) is 6.04 Å². The molecule has 1 aliphatic rings. The smallest absolute Gasteiger partial charge is 0.120 e. The van der Waals surface area contributed by atoms with Crippen LogP contribution in [0.4, 0.5) is 0 Å². The van der Waals surface area contributed by atoms with Gasteiger partial charge in [0, 0.05) is 6.04 Å². The highest BCUT2D eigenvalue weighted by atomic mass is 16.3. The third kappa shape index (κ3) is 3.74. The molecule has 2 heteroatoms. The van der Waals surface area contributed by atoms with E-state index in [1.165, 1.54) is 32.1 Å². The molecule has 0 fully saturated rings. The van der Waals surface area contributed by atoms with Crippen LogP contribution in [0.25, 0.3) is 0 Å². The molecule has 2 rings (SSSR count). The molecule has 1 heterocycles. The van der Waals surface area contributed by atoms with Crippen molar-refractivity contribution in [3.05, 3.63) is 35.8 Å². The number of furan rings is 1. The Balaban J connectivity index is 1.92. The molecule has 1 aromatic rings. The van der Waals surface area contributed by atoms with E-state index in [9.17, 15) is 0 Å². The van der Waals surface area contributed by atoms with Gasteiger partial charge < -0.3 is 9.73 Å². The van der Waals surface area contributed by atoms with Crippen LogP contribution in [0.2, 0.25) is 0 Å². The summed E-state index contributed by atoms with van der Waals surface area (Å²) in [4.78, 5) is 0. The molecule has 2 atom stereocenters. The van der Waals surface area contributed by atoms with Gasteiger partial charge in [0.25, 0.3) is 0 Å². The molecule has 0 spiro atoms. The van der Waals surface area contributed by atoms with Crippen molar-refractivity contribution in [2.45, 2.75) is 58.0 Å². The molecule has 1 aliphatic carbocycles. The lowest BCUT2D eigenvalue weighted by atomic mass is 10.0. The molecule has 0 aliphatic heterocycles. The van der Waals surface area contributed by atoms with Crippen molar-refractivity contribution >= 4 is 0 Å². The molecule has 0 bridgehead atoms. The van der Waals surface area contributed by atoms with Gasteiger partial charge in [-0.2, -0.15) is 0 Å². The standard InChI is InChI=1S/C15H23NO/c1-12-10-11-15(17-12)13(2)16-14-8-6-4-3-5-7-9-14/h6,8,10-11,13-14,16H,3-5,7,9H2,1-2H3/b8-6+. The molecular weight excluding hydrogens is 210 g/mol. The highest BCUT2D eigenvalue weighted by molar-refractivity contribution is 5.10. The van der Waals surface area contributed by atoms with Crippen molar-refractivity contribution in [1.29, 1.82) is 0 Å². The third-order valence-electron chi connectivity index (χ3n) is 3.41. The predicted molar refractivity (Wildman–Crippen MR) is 71.0 cm³/mol. The van der Waals surface area contributed by atoms with E-state index in [4.69, 9.17) is 4.42 Å². The summed E-state index contributed by atoms with van der Waals surface area (Å²) in [6.07, 6.45) is 11.1. The summed E-state index contributed by atoms with van der Waals surface area (Å²) in [6.45, 7) is 4.16. The van der Waals surface area contributed by atoms with Crippen molar-refractivity contribution < 1.29 is 4.42 Å². The first-order chi connectivity index (χ1) is 8.25. The fourth-order valence-electron chi connectivity index (χ4n) is 2.39. The molecule has 94 valence electrons. The molecule has 0 amide bonds. The Morgan fingerprint density at radius 2 is 2.18 bits per heavy atom. The minimum Gasteiger partial charge on any atom is -0.465 e. The van der Waals surface area contributed by atoms with Crippen molar-refractivity contribution in [1.82, 2.24) is 5.32 Å². The lowest BCUT2D eigenvalue weighted by molar-refractivity contribution is 0.386. The maximum Gasteiger partial charge on any atom is 0.120 e. The molecule has 0 saturated heterocycles. The minimum absolute atomic E-state index is 0.290. The van der Waals surface area contributed by atoms with Crippen LogP contribution in [0, 0.1) is 6.92 Å². The maximum atomic E-state index is 5.66. The average Bonchev–Trinajstić information content (AvgIpc) is 2.68. The summed E-state index contributed by atoms with van der Waals surface area (Å²) >= 11 is 0. The van der Waals surface area contributed by atoms with Crippen LogP contribution in [0.1, 0.15) is 56.6 Å². The Morgan fingerprint density at radius 3 is 2.94 bits per heavy atom. The van der Waals surface area contributed by atoms with Crippen molar-refractivity contribution in [3.8, 4) is 0 Å². The number of hydrogen-bond acceptors (Lipinski definition) is 2. The van der Waals surface area contributed by atoms with Gasteiger partial charge in [-0.05, 0) is 45.2 Å². The van der Waals surface area contributed by atoms with Crippen LogP contribution in [0.3, 0.4) is 0 Å². The van der Waals surface area contributed by atoms with Crippen LogP contribution in [0.5, 0.6) is 0 Å². The van der Waals surface area contributed by atoms with Crippen LogP contribution in [-0.4, -0.2) is 6.04 Å². The lowest BCUT2D eigenvalue weighted by Gasteiger charge is -2.20. The SMILES string of the molecule is Cc1ccc(C(C)NC2/C=C/CCCCC2)o1. The summed E-state index contributed by atoms with van der Waals surface area (Å²) in [5.41, 5.74) is 0. The van der Waals surface area contributed by atoms with Gasteiger partial charge in [0.1, 0.15) is 11.5 Å². The third-order valence-corrected chi connectivity index (χ3v) is 3.41. The highest BCUT2D eigenvalue weighted by Gasteiger charge is 2.14. The molecule has 2 unspecified atom stereocenters. The van der Waals surface area contributed by atoms with Crippen molar-refractivity contribution in [3.63, 3.8) is 0 Å². The molecule has 1 aromatic heterocycles. The molecule has 2 nitrogen and oxygen atoms in total. The van der Waals surface area contributed by atoms with E-state index >= 15 is 0 Å². The lowest BCUT2D eigenvalue weighted by Crippen LogP contribution is -2.30. The van der Waals surface area contributed by atoms with Gasteiger partial charge in [-0.1, -0.05) is 25.0 Å². The molecule has 1 N–H and O–H groups in total. The van der Waals surface area contributed by atoms with E-state index in [1.54, 1.807) is 0 Å².